The number of ether oxygens (including phenoxy) is 1. The predicted molar refractivity (Wildman–Crippen MR) is 60.8 cm³/mol. The van der Waals surface area contributed by atoms with Crippen molar-refractivity contribution in [3.8, 4) is 18.1 Å². The van der Waals surface area contributed by atoms with Crippen molar-refractivity contribution < 1.29 is 9.84 Å². The van der Waals surface area contributed by atoms with E-state index in [1.165, 1.54) is 0 Å². The Morgan fingerprint density at radius 3 is 2.47 bits per heavy atom. The standard InChI is InChI=1S/C13H16O2/c1-2-12-6-8-13(9-7-12)15-11-5-3-4-10-14/h1,6-9,14H,3-5,10-11H2. The van der Waals surface area contributed by atoms with E-state index in [2.05, 4.69) is 5.92 Å². The molecular formula is C13H16O2. The molecule has 0 unspecified atom stereocenters. The molecule has 0 aliphatic rings. The topological polar surface area (TPSA) is 29.5 Å². The molecule has 0 atom stereocenters. The Hall–Kier alpha value is -1.46. The van der Waals surface area contributed by atoms with Gasteiger partial charge in [-0.15, -0.1) is 6.42 Å². The lowest BCUT2D eigenvalue weighted by molar-refractivity contribution is 0.266. The minimum atomic E-state index is 0.261. The highest BCUT2D eigenvalue weighted by atomic mass is 16.5. The van der Waals surface area contributed by atoms with Crippen molar-refractivity contribution in [1.82, 2.24) is 0 Å². The molecule has 1 rings (SSSR count). The number of terminal acetylenes is 1. The Kier molecular flexibility index (Phi) is 5.35. The quantitative estimate of drug-likeness (QED) is 0.568. The minimum Gasteiger partial charge on any atom is -0.494 e. The Morgan fingerprint density at radius 2 is 1.87 bits per heavy atom. The molecule has 0 saturated carbocycles. The summed E-state index contributed by atoms with van der Waals surface area (Å²) in [5, 5.41) is 8.58. The second kappa shape index (κ2) is 6.92. The van der Waals surface area contributed by atoms with E-state index in [0.29, 0.717) is 6.61 Å². The van der Waals surface area contributed by atoms with Crippen molar-refractivity contribution >= 4 is 0 Å². The zero-order valence-corrected chi connectivity index (χ0v) is 8.78. The Balaban J connectivity index is 2.23. The fraction of sp³-hybridized carbons (Fsp3) is 0.385. The third-order valence-electron chi connectivity index (χ3n) is 2.09. The van der Waals surface area contributed by atoms with Gasteiger partial charge in [-0.2, -0.15) is 0 Å². The zero-order valence-electron chi connectivity index (χ0n) is 8.78. The monoisotopic (exact) mass is 204 g/mol. The maximum Gasteiger partial charge on any atom is 0.119 e. The summed E-state index contributed by atoms with van der Waals surface area (Å²) in [5.74, 6) is 3.40. The number of aliphatic hydroxyl groups excluding tert-OH is 1. The van der Waals surface area contributed by atoms with Crippen LogP contribution in [0.25, 0.3) is 0 Å². The van der Waals surface area contributed by atoms with Gasteiger partial charge in [0, 0.05) is 12.2 Å². The fourth-order valence-electron chi connectivity index (χ4n) is 1.23. The first kappa shape index (κ1) is 11.6. The van der Waals surface area contributed by atoms with Crippen LogP contribution in [0.3, 0.4) is 0 Å². The molecule has 1 N–H and O–H groups in total. The van der Waals surface area contributed by atoms with E-state index in [0.717, 1.165) is 30.6 Å². The lowest BCUT2D eigenvalue weighted by atomic mass is 10.2. The van der Waals surface area contributed by atoms with Gasteiger partial charge < -0.3 is 9.84 Å². The summed E-state index contributed by atoms with van der Waals surface area (Å²) >= 11 is 0. The molecule has 0 saturated heterocycles. The molecule has 0 spiro atoms. The molecule has 1 aromatic carbocycles. The van der Waals surface area contributed by atoms with Gasteiger partial charge in [0.05, 0.1) is 6.61 Å². The van der Waals surface area contributed by atoms with E-state index >= 15 is 0 Å². The summed E-state index contributed by atoms with van der Waals surface area (Å²) in [6, 6.07) is 7.48. The van der Waals surface area contributed by atoms with E-state index in [4.69, 9.17) is 16.3 Å². The van der Waals surface area contributed by atoms with Crippen LogP contribution in [0.2, 0.25) is 0 Å². The molecule has 2 nitrogen and oxygen atoms in total. The van der Waals surface area contributed by atoms with Crippen LogP contribution in [-0.4, -0.2) is 18.3 Å². The highest BCUT2D eigenvalue weighted by Crippen LogP contribution is 2.12. The molecule has 0 aromatic heterocycles. The Morgan fingerprint density at radius 1 is 1.13 bits per heavy atom. The number of rotatable bonds is 6. The van der Waals surface area contributed by atoms with Crippen molar-refractivity contribution in [2.75, 3.05) is 13.2 Å². The molecule has 15 heavy (non-hydrogen) atoms. The van der Waals surface area contributed by atoms with Gasteiger partial charge in [0.15, 0.2) is 0 Å². The molecule has 80 valence electrons. The number of hydrogen-bond donors (Lipinski definition) is 1. The maximum absolute atomic E-state index is 8.58. The average Bonchev–Trinajstić information content (AvgIpc) is 2.30. The molecule has 0 aliphatic carbocycles. The van der Waals surface area contributed by atoms with Gasteiger partial charge in [-0.1, -0.05) is 5.92 Å². The number of hydrogen-bond acceptors (Lipinski definition) is 2. The van der Waals surface area contributed by atoms with Crippen LogP contribution in [0.15, 0.2) is 24.3 Å². The molecule has 0 radical (unpaired) electrons. The summed E-state index contributed by atoms with van der Waals surface area (Å²) in [7, 11) is 0. The molecule has 0 bridgehead atoms. The summed E-state index contributed by atoms with van der Waals surface area (Å²) < 4.78 is 5.50. The highest BCUT2D eigenvalue weighted by Gasteiger charge is 1.93. The van der Waals surface area contributed by atoms with E-state index in [-0.39, 0.29) is 6.61 Å². The van der Waals surface area contributed by atoms with E-state index < -0.39 is 0 Å². The van der Waals surface area contributed by atoms with Crippen LogP contribution in [0.5, 0.6) is 5.75 Å². The van der Waals surface area contributed by atoms with Gasteiger partial charge in [-0.3, -0.25) is 0 Å². The lowest BCUT2D eigenvalue weighted by Crippen LogP contribution is -1.97. The lowest BCUT2D eigenvalue weighted by Gasteiger charge is -2.05. The van der Waals surface area contributed by atoms with Gasteiger partial charge >= 0.3 is 0 Å². The van der Waals surface area contributed by atoms with E-state index in [1.54, 1.807) is 0 Å². The first-order chi connectivity index (χ1) is 7.36. The van der Waals surface area contributed by atoms with Crippen LogP contribution >= 0.6 is 0 Å². The number of aliphatic hydroxyl groups is 1. The molecule has 0 heterocycles. The largest absolute Gasteiger partial charge is 0.494 e. The predicted octanol–water partition coefficient (Wildman–Crippen LogP) is 2.21. The van der Waals surface area contributed by atoms with Crippen molar-refractivity contribution in [3.63, 3.8) is 0 Å². The second-order valence-corrected chi connectivity index (χ2v) is 3.30. The van der Waals surface area contributed by atoms with Crippen molar-refractivity contribution in [2.24, 2.45) is 0 Å². The third kappa shape index (κ3) is 4.53. The summed E-state index contributed by atoms with van der Waals surface area (Å²) in [6.45, 7) is 0.951. The first-order valence-corrected chi connectivity index (χ1v) is 5.17. The van der Waals surface area contributed by atoms with Crippen LogP contribution < -0.4 is 4.74 Å². The summed E-state index contributed by atoms with van der Waals surface area (Å²) in [4.78, 5) is 0. The fourth-order valence-corrected chi connectivity index (χ4v) is 1.23. The maximum atomic E-state index is 8.58. The second-order valence-electron chi connectivity index (χ2n) is 3.30. The van der Waals surface area contributed by atoms with Crippen LogP contribution in [0, 0.1) is 12.3 Å². The minimum absolute atomic E-state index is 0.261. The van der Waals surface area contributed by atoms with Gasteiger partial charge in [-0.25, -0.2) is 0 Å². The SMILES string of the molecule is C#Cc1ccc(OCCCCCO)cc1. The van der Waals surface area contributed by atoms with Gasteiger partial charge in [0.25, 0.3) is 0 Å². The molecule has 0 aliphatic heterocycles. The van der Waals surface area contributed by atoms with E-state index in [9.17, 15) is 0 Å². The normalized spacial score (nSPS) is 9.60. The van der Waals surface area contributed by atoms with E-state index in [1.807, 2.05) is 24.3 Å². The smallest absolute Gasteiger partial charge is 0.119 e. The van der Waals surface area contributed by atoms with Gasteiger partial charge in [-0.05, 0) is 43.5 Å². The number of benzene rings is 1. The van der Waals surface area contributed by atoms with Crippen molar-refractivity contribution in [3.05, 3.63) is 29.8 Å². The summed E-state index contributed by atoms with van der Waals surface area (Å²) in [5.41, 5.74) is 0.864. The molecule has 0 amide bonds. The van der Waals surface area contributed by atoms with Crippen LogP contribution in [-0.2, 0) is 0 Å². The number of unbranched alkanes of at least 4 members (excludes halogenated alkanes) is 2. The highest BCUT2D eigenvalue weighted by molar-refractivity contribution is 5.36. The Bertz CT molecular complexity index is 308. The van der Waals surface area contributed by atoms with Gasteiger partial charge in [0.1, 0.15) is 5.75 Å². The first-order valence-electron chi connectivity index (χ1n) is 5.17. The third-order valence-corrected chi connectivity index (χ3v) is 2.09. The van der Waals surface area contributed by atoms with Gasteiger partial charge in [0.2, 0.25) is 0 Å². The average molecular weight is 204 g/mol. The van der Waals surface area contributed by atoms with Crippen LogP contribution in [0.1, 0.15) is 24.8 Å². The van der Waals surface area contributed by atoms with Crippen molar-refractivity contribution in [1.29, 1.82) is 0 Å². The molecule has 2 heteroatoms. The molecule has 0 fully saturated rings. The molecule has 1 aromatic rings. The van der Waals surface area contributed by atoms with Crippen LogP contribution in [0.4, 0.5) is 0 Å². The molecular weight excluding hydrogens is 188 g/mol. The zero-order chi connectivity index (χ0) is 10.9. The van der Waals surface area contributed by atoms with Crippen molar-refractivity contribution in [2.45, 2.75) is 19.3 Å². The summed E-state index contributed by atoms with van der Waals surface area (Å²) in [6.07, 6.45) is 8.06. The Labute approximate surface area is 90.9 Å².